The smallest absolute Gasteiger partial charge is 0.309 e. The second kappa shape index (κ2) is 10.8. The lowest BCUT2D eigenvalue weighted by molar-refractivity contribution is 0.395. The van der Waals surface area contributed by atoms with Gasteiger partial charge in [-0.1, -0.05) is 30.3 Å². The fraction of sp³-hybridized carbons (Fsp3) is 0.400. The zero-order valence-corrected chi connectivity index (χ0v) is 16.7. The van der Waals surface area contributed by atoms with Crippen LogP contribution in [-0.2, 0) is 16.5 Å². The Balaban J connectivity index is 1.78. The van der Waals surface area contributed by atoms with Crippen LogP contribution in [0.3, 0.4) is 0 Å². The molecular formula is C20H27N3O3S. The van der Waals surface area contributed by atoms with Gasteiger partial charge in [-0.3, -0.25) is 0 Å². The summed E-state index contributed by atoms with van der Waals surface area (Å²) in [6.45, 7) is 1.72. The van der Waals surface area contributed by atoms with Gasteiger partial charge in [0.15, 0.2) is 0 Å². The molecule has 0 spiro atoms. The largest absolute Gasteiger partial charge is 0.382 e. The number of hydrogen-bond donors (Lipinski definition) is 0. The second-order valence-electron chi connectivity index (χ2n) is 6.55. The van der Waals surface area contributed by atoms with E-state index in [1.54, 1.807) is 24.3 Å². The third-order valence-electron chi connectivity index (χ3n) is 3.84. The van der Waals surface area contributed by atoms with E-state index in [9.17, 15) is 8.42 Å². The normalized spacial score (nSPS) is 12.0. The minimum absolute atomic E-state index is 0.0641. The molecule has 0 aromatic heterocycles. The van der Waals surface area contributed by atoms with Gasteiger partial charge in [-0.25, -0.2) is 0 Å². The second-order valence-corrected chi connectivity index (χ2v) is 8.24. The van der Waals surface area contributed by atoms with Crippen LogP contribution < -0.4 is 4.18 Å². The van der Waals surface area contributed by atoms with Crippen molar-refractivity contribution in [3.05, 3.63) is 60.2 Å². The van der Waals surface area contributed by atoms with E-state index in [1.807, 2.05) is 44.4 Å². The van der Waals surface area contributed by atoms with E-state index >= 15 is 0 Å². The Labute approximate surface area is 162 Å². The van der Waals surface area contributed by atoms with Crippen molar-refractivity contribution in [1.29, 1.82) is 0 Å². The fourth-order valence-electron chi connectivity index (χ4n) is 2.39. The van der Waals surface area contributed by atoms with Crippen molar-refractivity contribution in [2.45, 2.75) is 19.3 Å². The Kier molecular flexibility index (Phi) is 8.42. The van der Waals surface area contributed by atoms with E-state index in [4.69, 9.17) is 4.18 Å². The first-order valence-electron chi connectivity index (χ1n) is 9.03. The number of rotatable bonds is 11. The lowest BCUT2D eigenvalue weighted by Crippen LogP contribution is -2.15. The molecule has 27 heavy (non-hydrogen) atoms. The minimum atomic E-state index is -3.64. The van der Waals surface area contributed by atoms with E-state index in [2.05, 4.69) is 15.1 Å². The van der Waals surface area contributed by atoms with Gasteiger partial charge in [-0.15, -0.1) is 0 Å². The van der Waals surface area contributed by atoms with Crippen molar-refractivity contribution < 1.29 is 12.6 Å². The Hall–Kier alpha value is -2.25. The number of benzene rings is 2. The topological polar surface area (TPSA) is 71.3 Å². The molecule has 0 unspecified atom stereocenters. The summed E-state index contributed by atoms with van der Waals surface area (Å²) < 4.78 is 29.4. The van der Waals surface area contributed by atoms with Gasteiger partial charge in [0.25, 0.3) is 0 Å². The van der Waals surface area contributed by atoms with Crippen molar-refractivity contribution in [2.24, 2.45) is 10.2 Å². The fourth-order valence-corrected chi connectivity index (χ4v) is 3.36. The zero-order valence-electron chi connectivity index (χ0n) is 15.9. The molecule has 0 aliphatic rings. The summed E-state index contributed by atoms with van der Waals surface area (Å²) in [5.41, 5.74) is 1.64. The van der Waals surface area contributed by atoms with Gasteiger partial charge < -0.3 is 9.08 Å². The molecule has 0 amide bonds. The van der Waals surface area contributed by atoms with E-state index in [-0.39, 0.29) is 11.5 Å². The molecule has 7 heteroatoms. The Morgan fingerprint density at radius 3 is 2.33 bits per heavy atom. The summed E-state index contributed by atoms with van der Waals surface area (Å²) in [5, 5.41) is 8.30. The SMILES string of the molecule is CN(C)CCCCN=Nc1ccc(OS(=O)(=O)CCc2ccccc2)cc1. The number of azo groups is 1. The average Bonchev–Trinajstić information content (AvgIpc) is 2.65. The monoisotopic (exact) mass is 389 g/mol. The minimum Gasteiger partial charge on any atom is -0.382 e. The summed E-state index contributed by atoms with van der Waals surface area (Å²) in [7, 11) is 0.459. The summed E-state index contributed by atoms with van der Waals surface area (Å²) in [6, 6.07) is 16.1. The molecule has 146 valence electrons. The van der Waals surface area contributed by atoms with Crippen LogP contribution in [-0.4, -0.2) is 46.3 Å². The van der Waals surface area contributed by atoms with Gasteiger partial charge in [0.1, 0.15) is 5.75 Å². The van der Waals surface area contributed by atoms with Crippen molar-refractivity contribution >= 4 is 15.8 Å². The highest BCUT2D eigenvalue weighted by Gasteiger charge is 2.13. The van der Waals surface area contributed by atoms with E-state index in [0.717, 1.165) is 24.9 Å². The molecule has 0 saturated carbocycles. The van der Waals surface area contributed by atoms with Crippen LogP contribution in [0.5, 0.6) is 5.75 Å². The predicted molar refractivity (Wildman–Crippen MR) is 108 cm³/mol. The van der Waals surface area contributed by atoms with Crippen molar-refractivity contribution in [3.8, 4) is 5.75 Å². The first-order chi connectivity index (χ1) is 12.9. The first kappa shape index (κ1) is 21.1. The Morgan fingerprint density at radius 2 is 1.67 bits per heavy atom. The predicted octanol–water partition coefficient (Wildman–Crippen LogP) is 4.06. The van der Waals surface area contributed by atoms with Crippen LogP contribution >= 0.6 is 0 Å². The number of nitrogens with zero attached hydrogens (tertiary/aromatic N) is 3. The molecule has 0 radical (unpaired) electrons. The standard InChI is InChI=1S/C20H27N3O3S/c1-23(2)16-7-6-15-21-22-19-10-12-20(13-11-19)26-27(24,25)17-14-18-8-4-3-5-9-18/h3-5,8-13H,6-7,14-17H2,1-2H3. The van der Waals surface area contributed by atoms with Crippen LogP contribution in [0.2, 0.25) is 0 Å². The number of hydrogen-bond acceptors (Lipinski definition) is 6. The lowest BCUT2D eigenvalue weighted by Gasteiger charge is -2.07. The zero-order chi connectivity index (χ0) is 19.5. The number of aryl methyl sites for hydroxylation is 1. The summed E-state index contributed by atoms with van der Waals surface area (Å²) >= 11 is 0. The van der Waals surface area contributed by atoms with E-state index < -0.39 is 10.1 Å². The first-order valence-corrected chi connectivity index (χ1v) is 10.6. The lowest BCUT2D eigenvalue weighted by atomic mass is 10.2. The van der Waals surface area contributed by atoms with Crippen LogP contribution in [0.15, 0.2) is 64.8 Å². The van der Waals surface area contributed by atoms with Gasteiger partial charge in [-0.05, 0) is 69.7 Å². The molecule has 0 atom stereocenters. The highest BCUT2D eigenvalue weighted by Crippen LogP contribution is 2.20. The van der Waals surface area contributed by atoms with Crippen LogP contribution in [0.1, 0.15) is 18.4 Å². The Morgan fingerprint density at radius 1 is 0.963 bits per heavy atom. The molecule has 0 fully saturated rings. The van der Waals surface area contributed by atoms with Crippen LogP contribution in [0.4, 0.5) is 5.69 Å². The maximum atomic E-state index is 12.1. The van der Waals surface area contributed by atoms with Gasteiger partial charge in [0.2, 0.25) is 0 Å². The summed E-state index contributed by atoms with van der Waals surface area (Å²) in [5.74, 6) is 0.221. The number of unbranched alkanes of at least 4 members (excludes halogenated alkanes) is 1. The van der Waals surface area contributed by atoms with Crippen molar-refractivity contribution in [2.75, 3.05) is 32.9 Å². The molecule has 2 aromatic rings. The van der Waals surface area contributed by atoms with Gasteiger partial charge in [-0.2, -0.15) is 18.6 Å². The molecule has 0 N–H and O–H groups in total. The molecule has 0 saturated heterocycles. The van der Waals surface area contributed by atoms with Gasteiger partial charge >= 0.3 is 10.1 Å². The molecule has 0 aliphatic carbocycles. The molecule has 0 bridgehead atoms. The molecular weight excluding hydrogens is 362 g/mol. The molecule has 0 aliphatic heterocycles. The van der Waals surface area contributed by atoms with E-state index in [0.29, 0.717) is 18.7 Å². The Bertz CT molecular complexity index is 804. The highest BCUT2D eigenvalue weighted by molar-refractivity contribution is 7.87. The van der Waals surface area contributed by atoms with E-state index in [1.165, 1.54) is 0 Å². The van der Waals surface area contributed by atoms with Gasteiger partial charge in [0, 0.05) is 0 Å². The third-order valence-corrected chi connectivity index (χ3v) is 4.99. The molecule has 2 rings (SSSR count). The van der Waals surface area contributed by atoms with Gasteiger partial charge in [0.05, 0.1) is 18.0 Å². The molecule has 0 heterocycles. The van der Waals surface area contributed by atoms with Crippen molar-refractivity contribution in [3.63, 3.8) is 0 Å². The maximum absolute atomic E-state index is 12.1. The molecule has 6 nitrogen and oxygen atoms in total. The summed E-state index contributed by atoms with van der Waals surface area (Å²) in [4.78, 5) is 2.14. The quantitative estimate of drug-likeness (QED) is 0.330. The van der Waals surface area contributed by atoms with Crippen molar-refractivity contribution in [1.82, 2.24) is 4.90 Å². The van der Waals surface area contributed by atoms with Crippen LogP contribution in [0, 0.1) is 0 Å². The van der Waals surface area contributed by atoms with Crippen LogP contribution in [0.25, 0.3) is 0 Å². The summed E-state index contributed by atoms with van der Waals surface area (Å²) in [6.07, 6.45) is 2.49. The highest BCUT2D eigenvalue weighted by atomic mass is 32.2. The molecule has 2 aromatic carbocycles. The third kappa shape index (κ3) is 8.79. The average molecular weight is 390 g/mol. The maximum Gasteiger partial charge on any atom is 0.309 e.